The molecular formula is C21H18N2O. The largest absolute Gasteiger partial charge is 0.508 e. The summed E-state index contributed by atoms with van der Waals surface area (Å²) >= 11 is 0. The third-order valence-corrected chi connectivity index (χ3v) is 4.29. The fourth-order valence-electron chi connectivity index (χ4n) is 3.04. The van der Waals surface area contributed by atoms with Crippen molar-refractivity contribution in [1.29, 1.82) is 0 Å². The first-order valence-electron chi connectivity index (χ1n) is 8.07. The van der Waals surface area contributed by atoms with E-state index in [0.29, 0.717) is 0 Å². The predicted octanol–water partition coefficient (Wildman–Crippen LogP) is 5.07. The number of phenols is 1. The molecule has 4 rings (SSSR count). The van der Waals surface area contributed by atoms with Crippen LogP contribution in [0.25, 0.3) is 0 Å². The van der Waals surface area contributed by atoms with Gasteiger partial charge in [0.25, 0.3) is 0 Å². The molecule has 3 aromatic rings. The molecule has 3 nitrogen and oxygen atoms in total. The van der Waals surface area contributed by atoms with Gasteiger partial charge in [0, 0.05) is 6.42 Å². The van der Waals surface area contributed by atoms with E-state index in [1.54, 1.807) is 12.1 Å². The molecule has 0 spiro atoms. The lowest BCUT2D eigenvalue weighted by Crippen LogP contribution is -2.14. The van der Waals surface area contributed by atoms with Crippen molar-refractivity contribution in [3.8, 4) is 5.75 Å². The van der Waals surface area contributed by atoms with E-state index < -0.39 is 0 Å². The van der Waals surface area contributed by atoms with Gasteiger partial charge in [-0.1, -0.05) is 42.5 Å². The summed E-state index contributed by atoms with van der Waals surface area (Å²) in [4.78, 5) is 4.89. The normalized spacial score (nSPS) is 16.5. The lowest BCUT2D eigenvalue weighted by molar-refractivity contribution is 0.475. The van der Waals surface area contributed by atoms with E-state index in [1.165, 1.54) is 5.56 Å². The van der Waals surface area contributed by atoms with Crippen LogP contribution in [0.3, 0.4) is 0 Å². The highest BCUT2D eigenvalue weighted by Gasteiger charge is 2.20. The summed E-state index contributed by atoms with van der Waals surface area (Å²) in [6.45, 7) is 0. The van der Waals surface area contributed by atoms with E-state index in [2.05, 4.69) is 35.6 Å². The van der Waals surface area contributed by atoms with Gasteiger partial charge in [-0.3, -0.25) is 4.99 Å². The fourth-order valence-corrected chi connectivity index (χ4v) is 3.04. The second kappa shape index (κ2) is 6.20. The molecule has 0 amide bonds. The Labute approximate surface area is 141 Å². The number of aromatic hydroxyl groups is 1. The molecule has 1 atom stereocenters. The maximum Gasteiger partial charge on any atom is 0.115 e. The third kappa shape index (κ3) is 2.88. The van der Waals surface area contributed by atoms with E-state index >= 15 is 0 Å². The number of anilines is 1. The minimum absolute atomic E-state index is 0.155. The first-order chi connectivity index (χ1) is 11.8. The molecule has 0 aliphatic carbocycles. The van der Waals surface area contributed by atoms with Crippen LogP contribution < -0.4 is 5.32 Å². The van der Waals surface area contributed by atoms with Crippen LogP contribution >= 0.6 is 0 Å². The van der Waals surface area contributed by atoms with Gasteiger partial charge in [-0.2, -0.15) is 0 Å². The number of para-hydroxylation sites is 2. The van der Waals surface area contributed by atoms with Gasteiger partial charge in [0.2, 0.25) is 0 Å². The highest BCUT2D eigenvalue weighted by Crippen LogP contribution is 2.35. The number of nitrogens with zero attached hydrogens (tertiary/aromatic N) is 1. The molecule has 0 saturated heterocycles. The van der Waals surface area contributed by atoms with Crippen molar-refractivity contribution < 1.29 is 5.11 Å². The van der Waals surface area contributed by atoms with Gasteiger partial charge in [0.15, 0.2) is 0 Å². The zero-order valence-corrected chi connectivity index (χ0v) is 13.2. The van der Waals surface area contributed by atoms with E-state index in [1.807, 2.05) is 36.4 Å². The minimum atomic E-state index is 0.155. The number of hydrogen-bond donors (Lipinski definition) is 2. The lowest BCUT2D eigenvalue weighted by atomic mass is 9.97. The molecule has 0 saturated carbocycles. The van der Waals surface area contributed by atoms with Gasteiger partial charge in [-0.25, -0.2) is 0 Å². The van der Waals surface area contributed by atoms with Crippen molar-refractivity contribution in [2.24, 2.45) is 4.99 Å². The Hall–Kier alpha value is -3.07. The molecule has 0 fully saturated rings. The van der Waals surface area contributed by atoms with Gasteiger partial charge in [-0.15, -0.1) is 0 Å². The van der Waals surface area contributed by atoms with Crippen LogP contribution in [0.5, 0.6) is 5.75 Å². The van der Waals surface area contributed by atoms with Crippen molar-refractivity contribution in [1.82, 2.24) is 0 Å². The molecule has 24 heavy (non-hydrogen) atoms. The summed E-state index contributed by atoms with van der Waals surface area (Å²) in [6.07, 6.45) is 0.781. The van der Waals surface area contributed by atoms with Crippen LogP contribution in [-0.4, -0.2) is 10.8 Å². The van der Waals surface area contributed by atoms with Crippen LogP contribution in [0.4, 0.5) is 11.4 Å². The standard InChI is InChI=1S/C21H18N2O/c24-17-12-10-16(11-13-17)21-14-20(15-6-2-1-3-7-15)22-18-8-4-5-9-19(18)23-21/h1-13,20,22,24H,14H2. The number of benzene rings is 3. The molecule has 0 bridgehead atoms. The molecule has 3 heteroatoms. The van der Waals surface area contributed by atoms with Gasteiger partial charge in [-0.05, 0) is 47.5 Å². The number of hydrogen-bond acceptors (Lipinski definition) is 3. The van der Waals surface area contributed by atoms with Crippen molar-refractivity contribution in [2.75, 3.05) is 5.32 Å². The highest BCUT2D eigenvalue weighted by atomic mass is 16.3. The van der Waals surface area contributed by atoms with Crippen molar-refractivity contribution in [2.45, 2.75) is 12.5 Å². The van der Waals surface area contributed by atoms with Crippen LogP contribution in [0.2, 0.25) is 0 Å². The Morgan fingerprint density at radius 1 is 0.833 bits per heavy atom. The molecule has 1 heterocycles. The number of fused-ring (bicyclic) bond motifs is 1. The Kier molecular flexibility index (Phi) is 3.75. The van der Waals surface area contributed by atoms with Crippen LogP contribution in [0.15, 0.2) is 83.9 Å². The molecule has 1 aliphatic heterocycles. The zero-order chi connectivity index (χ0) is 16.4. The summed E-state index contributed by atoms with van der Waals surface area (Å²) in [5.41, 5.74) is 5.27. The van der Waals surface area contributed by atoms with Crippen LogP contribution in [-0.2, 0) is 0 Å². The van der Waals surface area contributed by atoms with E-state index in [0.717, 1.165) is 29.1 Å². The van der Waals surface area contributed by atoms with E-state index in [-0.39, 0.29) is 11.8 Å². The smallest absolute Gasteiger partial charge is 0.115 e. The number of aliphatic imine (C=N–C) groups is 1. The molecule has 0 radical (unpaired) electrons. The van der Waals surface area contributed by atoms with Gasteiger partial charge in [0.1, 0.15) is 5.75 Å². The summed E-state index contributed by atoms with van der Waals surface area (Å²) < 4.78 is 0. The third-order valence-electron chi connectivity index (χ3n) is 4.29. The molecule has 0 aromatic heterocycles. The summed E-state index contributed by atoms with van der Waals surface area (Å²) in [5, 5.41) is 13.2. The Bertz CT molecular complexity index is 870. The number of rotatable bonds is 2. The SMILES string of the molecule is Oc1ccc(C2=Nc3ccccc3NC(c3ccccc3)C2)cc1. The van der Waals surface area contributed by atoms with Crippen molar-refractivity contribution in [3.05, 3.63) is 90.0 Å². The fraction of sp³-hybridized carbons (Fsp3) is 0.0952. The number of phenolic OH excluding ortho intramolecular Hbond substituents is 1. The highest BCUT2D eigenvalue weighted by molar-refractivity contribution is 6.04. The van der Waals surface area contributed by atoms with E-state index in [4.69, 9.17) is 4.99 Å². The van der Waals surface area contributed by atoms with Crippen molar-refractivity contribution in [3.63, 3.8) is 0 Å². The summed E-state index contributed by atoms with van der Waals surface area (Å²) in [7, 11) is 0. The van der Waals surface area contributed by atoms with Gasteiger partial charge in [0.05, 0.1) is 23.1 Å². The summed E-state index contributed by atoms with van der Waals surface area (Å²) in [6, 6.07) is 26.0. The molecule has 3 aromatic carbocycles. The quantitative estimate of drug-likeness (QED) is 0.693. The minimum Gasteiger partial charge on any atom is -0.508 e. The van der Waals surface area contributed by atoms with Gasteiger partial charge < -0.3 is 10.4 Å². The van der Waals surface area contributed by atoms with Crippen molar-refractivity contribution >= 4 is 17.1 Å². The first kappa shape index (κ1) is 14.5. The molecule has 1 unspecified atom stereocenters. The second-order valence-electron chi connectivity index (χ2n) is 5.93. The topological polar surface area (TPSA) is 44.6 Å². The average Bonchev–Trinajstić information content (AvgIpc) is 2.83. The molecular weight excluding hydrogens is 296 g/mol. The second-order valence-corrected chi connectivity index (χ2v) is 5.93. The maximum absolute atomic E-state index is 9.55. The van der Waals surface area contributed by atoms with Gasteiger partial charge >= 0.3 is 0 Å². The Balaban J connectivity index is 1.80. The number of nitrogens with one attached hydrogen (secondary N) is 1. The first-order valence-corrected chi connectivity index (χ1v) is 8.07. The Morgan fingerprint density at radius 2 is 1.54 bits per heavy atom. The molecule has 2 N–H and O–H groups in total. The average molecular weight is 314 g/mol. The predicted molar refractivity (Wildman–Crippen MR) is 98.2 cm³/mol. The molecule has 1 aliphatic rings. The lowest BCUT2D eigenvalue weighted by Gasteiger charge is -2.19. The Morgan fingerprint density at radius 3 is 2.33 bits per heavy atom. The monoisotopic (exact) mass is 314 g/mol. The van der Waals surface area contributed by atoms with Crippen LogP contribution in [0, 0.1) is 0 Å². The maximum atomic E-state index is 9.55. The molecule has 118 valence electrons. The van der Waals surface area contributed by atoms with Crippen LogP contribution in [0.1, 0.15) is 23.6 Å². The zero-order valence-electron chi connectivity index (χ0n) is 13.2. The summed E-state index contributed by atoms with van der Waals surface area (Å²) in [5.74, 6) is 0.270. The van der Waals surface area contributed by atoms with E-state index in [9.17, 15) is 5.11 Å².